The third-order valence-corrected chi connectivity index (χ3v) is 4.00. The van der Waals surface area contributed by atoms with E-state index in [4.69, 9.17) is 0 Å². The summed E-state index contributed by atoms with van der Waals surface area (Å²) in [5.41, 5.74) is 0. The number of rotatable bonds is 9. The van der Waals surface area contributed by atoms with E-state index in [1.807, 2.05) is 6.20 Å². The normalized spacial score (nSPS) is 13.1. The fourth-order valence-corrected chi connectivity index (χ4v) is 3.19. The van der Waals surface area contributed by atoms with E-state index in [2.05, 4.69) is 38.0 Å². The Morgan fingerprint density at radius 3 is 2.60 bits per heavy atom. The van der Waals surface area contributed by atoms with E-state index >= 15 is 0 Å². The topological polar surface area (TPSA) is 62.2 Å². The number of thiazole rings is 1. The number of aromatic nitrogens is 1. The molecule has 0 saturated heterocycles. The van der Waals surface area contributed by atoms with Gasteiger partial charge in [-0.1, -0.05) is 27.7 Å². The molecular weight excluding hydrogens is 272 g/mol. The van der Waals surface area contributed by atoms with Crippen LogP contribution in [-0.4, -0.2) is 22.6 Å². The molecule has 5 heteroatoms. The van der Waals surface area contributed by atoms with Gasteiger partial charge in [-0.05, 0) is 18.3 Å². The molecule has 0 aliphatic carbocycles. The van der Waals surface area contributed by atoms with Crippen LogP contribution in [0.2, 0.25) is 0 Å². The van der Waals surface area contributed by atoms with Crippen LogP contribution >= 0.6 is 11.3 Å². The first kappa shape index (κ1) is 17.1. The molecule has 1 aromatic rings. The van der Waals surface area contributed by atoms with Crippen molar-refractivity contribution in [3.63, 3.8) is 0 Å². The largest absolute Gasteiger partial charge is 0.481 e. The van der Waals surface area contributed by atoms with Crippen LogP contribution in [0.3, 0.4) is 0 Å². The van der Waals surface area contributed by atoms with Gasteiger partial charge in [0.1, 0.15) is 0 Å². The molecule has 1 unspecified atom stereocenters. The Hall–Kier alpha value is -0.940. The van der Waals surface area contributed by atoms with Crippen LogP contribution in [0.4, 0.5) is 0 Å². The van der Waals surface area contributed by atoms with Gasteiger partial charge in [0.2, 0.25) is 0 Å². The standard InChI is InChI=1S/C15H26N2O2S/c1-10(2)5-12(15(18)19)7-16-8-13-9-17-14(20-13)6-11(3)4/h9-12,16H,5-8H2,1-4H3,(H,18,19). The Bertz CT molecular complexity index is 416. The molecule has 1 aromatic heterocycles. The SMILES string of the molecule is CC(C)Cc1ncc(CNCC(CC(C)C)C(=O)O)s1. The minimum Gasteiger partial charge on any atom is -0.481 e. The molecule has 0 fully saturated rings. The summed E-state index contributed by atoms with van der Waals surface area (Å²) in [4.78, 5) is 16.7. The van der Waals surface area contributed by atoms with Crippen molar-refractivity contribution < 1.29 is 9.90 Å². The highest BCUT2D eigenvalue weighted by Gasteiger charge is 2.18. The van der Waals surface area contributed by atoms with Crippen molar-refractivity contribution in [2.24, 2.45) is 17.8 Å². The first-order valence-corrected chi connectivity index (χ1v) is 8.07. The number of carboxylic acid groups (broad SMARTS) is 1. The zero-order valence-corrected chi connectivity index (χ0v) is 13.7. The predicted molar refractivity (Wildman–Crippen MR) is 82.9 cm³/mol. The monoisotopic (exact) mass is 298 g/mol. The molecule has 114 valence electrons. The van der Waals surface area contributed by atoms with Gasteiger partial charge in [0.15, 0.2) is 0 Å². The molecule has 0 radical (unpaired) electrons. The summed E-state index contributed by atoms with van der Waals surface area (Å²) < 4.78 is 0. The molecule has 1 rings (SSSR count). The van der Waals surface area contributed by atoms with Gasteiger partial charge in [0.05, 0.1) is 10.9 Å². The maximum absolute atomic E-state index is 11.2. The van der Waals surface area contributed by atoms with Crippen molar-refractivity contribution in [2.45, 2.75) is 47.1 Å². The lowest BCUT2D eigenvalue weighted by Crippen LogP contribution is -2.29. The maximum atomic E-state index is 11.2. The van der Waals surface area contributed by atoms with Crippen LogP contribution < -0.4 is 5.32 Å². The average Bonchev–Trinajstić information content (AvgIpc) is 2.73. The highest BCUT2D eigenvalue weighted by atomic mass is 32.1. The fourth-order valence-electron chi connectivity index (χ4n) is 2.08. The quantitative estimate of drug-likeness (QED) is 0.735. The molecule has 0 saturated carbocycles. The predicted octanol–water partition coefficient (Wildman–Crippen LogP) is 3.18. The number of carboxylic acids is 1. The lowest BCUT2D eigenvalue weighted by Gasteiger charge is -2.14. The van der Waals surface area contributed by atoms with Gasteiger partial charge in [0.25, 0.3) is 0 Å². The Morgan fingerprint density at radius 2 is 2.05 bits per heavy atom. The summed E-state index contributed by atoms with van der Waals surface area (Å²) in [5, 5.41) is 13.6. The van der Waals surface area contributed by atoms with Crippen LogP contribution in [0.1, 0.15) is 44.0 Å². The van der Waals surface area contributed by atoms with Gasteiger partial charge in [-0.2, -0.15) is 0 Å². The third-order valence-electron chi connectivity index (χ3n) is 2.98. The van der Waals surface area contributed by atoms with Crippen molar-refractivity contribution in [2.75, 3.05) is 6.54 Å². The summed E-state index contributed by atoms with van der Waals surface area (Å²) in [6.45, 7) is 9.70. The van der Waals surface area contributed by atoms with Crippen LogP contribution in [-0.2, 0) is 17.8 Å². The van der Waals surface area contributed by atoms with E-state index in [0.29, 0.717) is 31.3 Å². The van der Waals surface area contributed by atoms with E-state index < -0.39 is 5.97 Å². The van der Waals surface area contributed by atoms with Gasteiger partial charge >= 0.3 is 5.97 Å². The van der Waals surface area contributed by atoms with Crippen molar-refractivity contribution in [3.05, 3.63) is 16.1 Å². The molecule has 0 aromatic carbocycles. The van der Waals surface area contributed by atoms with E-state index in [1.54, 1.807) is 11.3 Å². The van der Waals surface area contributed by atoms with Gasteiger partial charge in [-0.25, -0.2) is 4.98 Å². The average molecular weight is 298 g/mol. The Labute approximate surface area is 125 Å². The number of hydrogen-bond donors (Lipinski definition) is 2. The Balaban J connectivity index is 2.38. The van der Waals surface area contributed by atoms with Crippen LogP contribution in [0.25, 0.3) is 0 Å². The molecule has 4 nitrogen and oxygen atoms in total. The minimum absolute atomic E-state index is 0.307. The molecule has 0 aliphatic heterocycles. The number of carbonyl (C=O) groups is 1. The first-order valence-electron chi connectivity index (χ1n) is 7.25. The molecular formula is C15H26N2O2S. The molecule has 2 N–H and O–H groups in total. The van der Waals surface area contributed by atoms with E-state index in [-0.39, 0.29) is 5.92 Å². The Kier molecular flexibility index (Phi) is 7.16. The van der Waals surface area contributed by atoms with E-state index in [0.717, 1.165) is 11.4 Å². The smallest absolute Gasteiger partial charge is 0.307 e. The summed E-state index contributed by atoms with van der Waals surface area (Å²) in [7, 11) is 0. The van der Waals surface area contributed by atoms with Crippen LogP contribution in [0.15, 0.2) is 6.20 Å². The second-order valence-electron chi connectivity index (χ2n) is 6.11. The summed E-state index contributed by atoms with van der Waals surface area (Å²) >= 11 is 1.71. The highest BCUT2D eigenvalue weighted by Crippen LogP contribution is 2.17. The molecule has 0 amide bonds. The minimum atomic E-state index is -0.712. The van der Waals surface area contributed by atoms with Gasteiger partial charge in [0, 0.05) is 30.6 Å². The zero-order chi connectivity index (χ0) is 15.1. The molecule has 0 spiro atoms. The lowest BCUT2D eigenvalue weighted by atomic mass is 9.97. The number of nitrogens with one attached hydrogen (secondary N) is 1. The summed E-state index contributed by atoms with van der Waals surface area (Å²) in [5.74, 6) is -0.00241. The van der Waals surface area contributed by atoms with E-state index in [9.17, 15) is 9.90 Å². The zero-order valence-electron chi connectivity index (χ0n) is 12.8. The van der Waals surface area contributed by atoms with Crippen molar-refractivity contribution in [1.29, 1.82) is 0 Å². The number of aliphatic carboxylic acids is 1. The number of hydrogen-bond acceptors (Lipinski definition) is 4. The third kappa shape index (κ3) is 6.48. The van der Waals surface area contributed by atoms with Crippen molar-refractivity contribution >= 4 is 17.3 Å². The van der Waals surface area contributed by atoms with Gasteiger partial charge in [-0.15, -0.1) is 11.3 Å². The number of nitrogens with zero attached hydrogens (tertiary/aromatic N) is 1. The molecule has 20 heavy (non-hydrogen) atoms. The second-order valence-corrected chi connectivity index (χ2v) is 7.31. The summed E-state index contributed by atoms with van der Waals surface area (Å²) in [6, 6.07) is 0. The van der Waals surface area contributed by atoms with Gasteiger partial charge in [-0.3, -0.25) is 4.79 Å². The van der Waals surface area contributed by atoms with E-state index in [1.165, 1.54) is 4.88 Å². The molecule has 0 bridgehead atoms. The molecule has 1 atom stereocenters. The Morgan fingerprint density at radius 1 is 1.35 bits per heavy atom. The maximum Gasteiger partial charge on any atom is 0.307 e. The highest BCUT2D eigenvalue weighted by molar-refractivity contribution is 7.11. The second kappa shape index (κ2) is 8.37. The van der Waals surface area contributed by atoms with Crippen LogP contribution in [0, 0.1) is 17.8 Å². The van der Waals surface area contributed by atoms with Gasteiger partial charge < -0.3 is 10.4 Å². The summed E-state index contributed by atoms with van der Waals surface area (Å²) in [6.07, 6.45) is 3.62. The first-order chi connectivity index (χ1) is 9.38. The molecule has 1 heterocycles. The lowest BCUT2D eigenvalue weighted by molar-refractivity contribution is -0.142. The van der Waals surface area contributed by atoms with Crippen molar-refractivity contribution in [1.82, 2.24) is 10.3 Å². The fraction of sp³-hybridized carbons (Fsp3) is 0.733. The molecule has 0 aliphatic rings. The van der Waals surface area contributed by atoms with Crippen LogP contribution in [0.5, 0.6) is 0 Å². The van der Waals surface area contributed by atoms with Crippen molar-refractivity contribution in [3.8, 4) is 0 Å².